The van der Waals surface area contributed by atoms with Crippen molar-refractivity contribution in [2.45, 2.75) is 25.4 Å². The molecule has 4 rings (SSSR count). The molecule has 0 aliphatic carbocycles. The van der Waals surface area contributed by atoms with E-state index >= 15 is 0 Å². The zero-order chi connectivity index (χ0) is 20.1. The summed E-state index contributed by atoms with van der Waals surface area (Å²) in [4.78, 5) is 16.6. The summed E-state index contributed by atoms with van der Waals surface area (Å²) in [6.07, 6.45) is 2.90. The molecule has 154 valence electrons. The first-order valence-electron chi connectivity index (χ1n) is 10.1. The zero-order valence-corrected chi connectivity index (χ0v) is 17.1. The van der Waals surface area contributed by atoms with Gasteiger partial charge in [0.2, 0.25) is 5.91 Å². The minimum atomic E-state index is 0.145. The van der Waals surface area contributed by atoms with E-state index in [9.17, 15) is 4.79 Å². The summed E-state index contributed by atoms with van der Waals surface area (Å²) in [5.74, 6) is 1.75. The largest absolute Gasteiger partial charge is 0.376 e. The summed E-state index contributed by atoms with van der Waals surface area (Å²) in [7, 11) is 0. The van der Waals surface area contributed by atoms with Gasteiger partial charge in [0.15, 0.2) is 5.82 Å². The van der Waals surface area contributed by atoms with Crippen molar-refractivity contribution in [1.82, 2.24) is 15.1 Å². The molecule has 0 bridgehead atoms. The standard InChI is InChI=1S/C21H26ClN5O2/c22-17-5-3-16(4-6-17)14-21(28)27-11-9-26(10-12-27)20-8-7-19(24-25-20)23-15-18-2-1-13-29-18/h3-8,18H,1-2,9-15H2,(H,23,24). The number of aromatic nitrogens is 2. The van der Waals surface area contributed by atoms with Crippen LogP contribution in [0.25, 0.3) is 0 Å². The van der Waals surface area contributed by atoms with Crippen LogP contribution in [0.1, 0.15) is 18.4 Å². The lowest BCUT2D eigenvalue weighted by molar-refractivity contribution is -0.130. The molecule has 0 spiro atoms. The molecule has 7 nitrogen and oxygen atoms in total. The maximum Gasteiger partial charge on any atom is 0.227 e. The Hall–Kier alpha value is -2.38. The molecule has 2 saturated heterocycles. The number of halogens is 1. The summed E-state index contributed by atoms with van der Waals surface area (Å²) in [5.41, 5.74) is 0.985. The number of rotatable bonds is 6. The van der Waals surface area contributed by atoms with Crippen LogP contribution in [0.15, 0.2) is 36.4 Å². The number of nitrogens with one attached hydrogen (secondary N) is 1. The number of hydrogen-bond donors (Lipinski definition) is 1. The first-order valence-corrected chi connectivity index (χ1v) is 10.5. The van der Waals surface area contributed by atoms with Gasteiger partial charge in [0.05, 0.1) is 12.5 Å². The highest BCUT2D eigenvalue weighted by Gasteiger charge is 2.22. The van der Waals surface area contributed by atoms with E-state index in [4.69, 9.17) is 16.3 Å². The maximum absolute atomic E-state index is 12.5. The van der Waals surface area contributed by atoms with Gasteiger partial charge < -0.3 is 19.9 Å². The number of hydrogen-bond acceptors (Lipinski definition) is 6. The molecular weight excluding hydrogens is 390 g/mol. The molecule has 3 heterocycles. The average molecular weight is 416 g/mol. The second kappa shape index (κ2) is 9.41. The van der Waals surface area contributed by atoms with E-state index in [2.05, 4.69) is 20.4 Å². The summed E-state index contributed by atoms with van der Waals surface area (Å²) >= 11 is 5.91. The molecule has 8 heteroatoms. The minimum Gasteiger partial charge on any atom is -0.376 e. The number of anilines is 2. The smallest absolute Gasteiger partial charge is 0.227 e. The molecule has 29 heavy (non-hydrogen) atoms. The van der Waals surface area contributed by atoms with E-state index in [0.29, 0.717) is 24.5 Å². The Balaban J connectivity index is 1.24. The molecule has 1 aromatic carbocycles. The van der Waals surface area contributed by atoms with Gasteiger partial charge in [-0.1, -0.05) is 23.7 Å². The van der Waals surface area contributed by atoms with Crippen molar-refractivity contribution >= 4 is 29.1 Å². The Kier molecular flexibility index (Phi) is 6.46. The predicted octanol–water partition coefficient (Wildman–Crippen LogP) is 2.61. The SMILES string of the molecule is O=C(Cc1ccc(Cl)cc1)N1CCN(c2ccc(NCC3CCCO3)nn2)CC1. The highest BCUT2D eigenvalue weighted by atomic mass is 35.5. The lowest BCUT2D eigenvalue weighted by Crippen LogP contribution is -2.49. The fourth-order valence-corrected chi connectivity index (χ4v) is 3.81. The van der Waals surface area contributed by atoms with E-state index in [1.807, 2.05) is 41.3 Å². The fraction of sp³-hybridized carbons (Fsp3) is 0.476. The van der Waals surface area contributed by atoms with Gasteiger partial charge in [-0.15, -0.1) is 10.2 Å². The summed E-state index contributed by atoms with van der Waals surface area (Å²) in [6.45, 7) is 4.50. The molecule has 2 fully saturated rings. The Bertz CT molecular complexity index is 801. The minimum absolute atomic E-state index is 0.145. The Labute approximate surface area is 176 Å². The van der Waals surface area contributed by atoms with Gasteiger partial charge in [0, 0.05) is 44.4 Å². The Morgan fingerprint density at radius 1 is 1.10 bits per heavy atom. The number of ether oxygens (including phenoxy) is 1. The Morgan fingerprint density at radius 2 is 1.90 bits per heavy atom. The molecule has 1 aromatic heterocycles. The van der Waals surface area contributed by atoms with Crippen molar-refractivity contribution in [3.63, 3.8) is 0 Å². The maximum atomic E-state index is 12.5. The van der Waals surface area contributed by atoms with Crippen LogP contribution in [-0.4, -0.2) is 66.4 Å². The summed E-state index contributed by atoms with van der Waals surface area (Å²) in [6, 6.07) is 11.4. The molecular formula is C21H26ClN5O2. The number of piperazine rings is 1. The molecule has 2 aromatic rings. The summed E-state index contributed by atoms with van der Waals surface area (Å²) in [5, 5.41) is 12.6. The van der Waals surface area contributed by atoms with Crippen LogP contribution in [-0.2, 0) is 16.0 Å². The van der Waals surface area contributed by atoms with Crippen molar-refractivity contribution in [3.05, 3.63) is 47.0 Å². The van der Waals surface area contributed by atoms with Gasteiger partial charge in [-0.05, 0) is 42.7 Å². The number of carbonyl (C=O) groups is 1. The number of carbonyl (C=O) groups excluding carboxylic acids is 1. The molecule has 1 unspecified atom stereocenters. The molecule has 0 radical (unpaired) electrons. The third-order valence-electron chi connectivity index (χ3n) is 5.41. The van der Waals surface area contributed by atoms with E-state index in [-0.39, 0.29) is 12.0 Å². The van der Waals surface area contributed by atoms with Crippen molar-refractivity contribution in [2.24, 2.45) is 0 Å². The molecule has 2 aliphatic rings. The first kappa shape index (κ1) is 19.9. The van der Waals surface area contributed by atoms with Crippen molar-refractivity contribution < 1.29 is 9.53 Å². The molecule has 1 atom stereocenters. The molecule has 1 N–H and O–H groups in total. The van der Waals surface area contributed by atoms with Gasteiger partial charge in [0.25, 0.3) is 0 Å². The van der Waals surface area contributed by atoms with Crippen molar-refractivity contribution in [3.8, 4) is 0 Å². The van der Waals surface area contributed by atoms with Crippen LogP contribution in [0.3, 0.4) is 0 Å². The van der Waals surface area contributed by atoms with Crippen LogP contribution >= 0.6 is 11.6 Å². The van der Waals surface area contributed by atoms with Crippen LogP contribution < -0.4 is 10.2 Å². The quantitative estimate of drug-likeness (QED) is 0.782. The van der Waals surface area contributed by atoms with E-state index < -0.39 is 0 Å². The topological polar surface area (TPSA) is 70.6 Å². The second-order valence-corrected chi connectivity index (χ2v) is 7.90. The van der Waals surface area contributed by atoms with Gasteiger partial charge in [-0.2, -0.15) is 0 Å². The van der Waals surface area contributed by atoms with Crippen molar-refractivity contribution in [1.29, 1.82) is 0 Å². The highest BCUT2D eigenvalue weighted by Crippen LogP contribution is 2.17. The number of nitrogens with zero attached hydrogens (tertiary/aromatic N) is 4. The number of amides is 1. The van der Waals surface area contributed by atoms with Gasteiger partial charge >= 0.3 is 0 Å². The van der Waals surface area contributed by atoms with Crippen LogP contribution in [0.2, 0.25) is 5.02 Å². The van der Waals surface area contributed by atoms with Gasteiger partial charge in [-0.25, -0.2) is 0 Å². The normalized spacial score (nSPS) is 19.4. The van der Waals surface area contributed by atoms with E-state index in [0.717, 1.165) is 56.3 Å². The lowest BCUT2D eigenvalue weighted by atomic mass is 10.1. The van der Waals surface area contributed by atoms with Crippen LogP contribution in [0.4, 0.5) is 11.6 Å². The average Bonchev–Trinajstić information content (AvgIpc) is 3.28. The van der Waals surface area contributed by atoms with Gasteiger partial charge in [0.1, 0.15) is 5.82 Å². The predicted molar refractivity (Wildman–Crippen MR) is 113 cm³/mol. The Morgan fingerprint density at radius 3 is 2.55 bits per heavy atom. The van der Waals surface area contributed by atoms with Crippen molar-refractivity contribution in [2.75, 3.05) is 49.5 Å². The monoisotopic (exact) mass is 415 g/mol. The second-order valence-electron chi connectivity index (χ2n) is 7.46. The molecule has 1 amide bonds. The molecule has 0 saturated carbocycles. The third-order valence-corrected chi connectivity index (χ3v) is 5.66. The van der Waals surface area contributed by atoms with Crippen LogP contribution in [0, 0.1) is 0 Å². The zero-order valence-electron chi connectivity index (χ0n) is 16.4. The third kappa shape index (κ3) is 5.36. The highest BCUT2D eigenvalue weighted by molar-refractivity contribution is 6.30. The van der Waals surface area contributed by atoms with Gasteiger partial charge in [-0.3, -0.25) is 4.79 Å². The van der Waals surface area contributed by atoms with Crippen LogP contribution in [0.5, 0.6) is 0 Å². The van der Waals surface area contributed by atoms with E-state index in [1.54, 1.807) is 0 Å². The first-order chi connectivity index (χ1) is 14.2. The fourth-order valence-electron chi connectivity index (χ4n) is 3.69. The van der Waals surface area contributed by atoms with E-state index in [1.165, 1.54) is 0 Å². The lowest BCUT2D eigenvalue weighted by Gasteiger charge is -2.35. The molecule has 2 aliphatic heterocycles. The summed E-state index contributed by atoms with van der Waals surface area (Å²) < 4.78 is 5.61. The number of benzene rings is 1.